The molecule has 0 aromatic heterocycles. The number of hydrogen-bond donors (Lipinski definition) is 1. The summed E-state index contributed by atoms with van der Waals surface area (Å²) < 4.78 is 0. The smallest absolute Gasteiger partial charge is 0.00698 e. The fraction of sp³-hybridized carbons (Fsp3) is 1.00. The van der Waals surface area contributed by atoms with E-state index in [1.165, 1.54) is 57.8 Å². The summed E-state index contributed by atoms with van der Waals surface area (Å²) in [6.45, 7) is 9.43. The van der Waals surface area contributed by atoms with Crippen molar-refractivity contribution >= 4 is 0 Å². The predicted molar refractivity (Wildman–Crippen MR) is 81.6 cm³/mol. The molecule has 0 amide bonds. The summed E-state index contributed by atoms with van der Waals surface area (Å²) >= 11 is 0. The minimum absolute atomic E-state index is 0.461. The Morgan fingerprint density at radius 3 is 2.28 bits per heavy atom. The zero-order chi connectivity index (χ0) is 13.6. The third-order valence-corrected chi connectivity index (χ3v) is 5.14. The van der Waals surface area contributed by atoms with E-state index in [0.717, 1.165) is 11.8 Å². The normalized spacial score (nSPS) is 23.8. The summed E-state index contributed by atoms with van der Waals surface area (Å²) in [6.07, 6.45) is 12.1. The molecule has 2 N–H and O–H groups in total. The van der Waals surface area contributed by atoms with Crippen LogP contribution in [-0.2, 0) is 0 Å². The van der Waals surface area contributed by atoms with E-state index in [9.17, 15) is 0 Å². The zero-order valence-electron chi connectivity index (χ0n) is 13.2. The largest absolute Gasteiger partial charge is 0.327 e. The summed E-state index contributed by atoms with van der Waals surface area (Å²) in [7, 11) is 0. The van der Waals surface area contributed by atoms with Gasteiger partial charge in [0.25, 0.3) is 0 Å². The molecule has 1 heteroatoms. The minimum Gasteiger partial charge on any atom is -0.327 e. The molecular formula is C17H35N. The van der Waals surface area contributed by atoms with Gasteiger partial charge < -0.3 is 5.73 Å². The average molecular weight is 253 g/mol. The van der Waals surface area contributed by atoms with Gasteiger partial charge in [0.05, 0.1) is 0 Å². The van der Waals surface area contributed by atoms with Crippen molar-refractivity contribution in [3.05, 3.63) is 0 Å². The highest BCUT2D eigenvalue weighted by Gasteiger charge is 2.30. The van der Waals surface area contributed by atoms with E-state index in [4.69, 9.17) is 5.73 Å². The molecule has 2 atom stereocenters. The van der Waals surface area contributed by atoms with Gasteiger partial charge >= 0.3 is 0 Å². The van der Waals surface area contributed by atoms with E-state index >= 15 is 0 Å². The highest BCUT2D eigenvalue weighted by Crippen LogP contribution is 2.40. The van der Waals surface area contributed by atoms with Gasteiger partial charge in [-0.3, -0.25) is 0 Å². The van der Waals surface area contributed by atoms with E-state index in [1.807, 2.05) is 0 Å². The van der Waals surface area contributed by atoms with Crippen LogP contribution < -0.4 is 5.73 Å². The Bertz CT molecular complexity index is 212. The number of hydrogen-bond acceptors (Lipinski definition) is 1. The van der Waals surface area contributed by atoms with E-state index in [1.54, 1.807) is 0 Å². The summed E-state index contributed by atoms with van der Waals surface area (Å²) in [6, 6.07) is 0.461. The monoisotopic (exact) mass is 253 g/mol. The van der Waals surface area contributed by atoms with Gasteiger partial charge in [-0.05, 0) is 49.4 Å². The molecule has 0 aliphatic heterocycles. The van der Waals surface area contributed by atoms with Crippen molar-refractivity contribution in [1.29, 1.82) is 0 Å². The molecule has 18 heavy (non-hydrogen) atoms. The number of rotatable bonds is 7. The van der Waals surface area contributed by atoms with Crippen molar-refractivity contribution < 1.29 is 0 Å². The van der Waals surface area contributed by atoms with Crippen LogP contribution in [0.15, 0.2) is 0 Å². The first kappa shape index (κ1) is 16.0. The maximum atomic E-state index is 6.49. The molecule has 1 fully saturated rings. The standard InChI is InChI=1S/C17H35N/c1-5-7-8-14(6-2)13-16(18)15-9-11-17(3,4)12-10-15/h14-16H,5-13,18H2,1-4H3. The van der Waals surface area contributed by atoms with Crippen molar-refractivity contribution in [3.63, 3.8) is 0 Å². The summed E-state index contributed by atoms with van der Waals surface area (Å²) in [5.41, 5.74) is 7.06. The molecule has 0 saturated heterocycles. The minimum atomic E-state index is 0.461. The lowest BCUT2D eigenvalue weighted by Crippen LogP contribution is -2.36. The van der Waals surface area contributed by atoms with Crippen LogP contribution >= 0.6 is 0 Å². The van der Waals surface area contributed by atoms with Crippen LogP contribution in [0.2, 0.25) is 0 Å². The highest BCUT2D eigenvalue weighted by atomic mass is 14.7. The van der Waals surface area contributed by atoms with Crippen molar-refractivity contribution in [3.8, 4) is 0 Å². The van der Waals surface area contributed by atoms with Gasteiger partial charge in [0.1, 0.15) is 0 Å². The van der Waals surface area contributed by atoms with Crippen LogP contribution in [0.25, 0.3) is 0 Å². The van der Waals surface area contributed by atoms with Gasteiger partial charge in [-0.1, -0.05) is 53.4 Å². The van der Waals surface area contributed by atoms with E-state index in [-0.39, 0.29) is 0 Å². The lowest BCUT2D eigenvalue weighted by Gasteiger charge is -2.37. The van der Waals surface area contributed by atoms with Crippen molar-refractivity contribution in [2.75, 3.05) is 0 Å². The lowest BCUT2D eigenvalue weighted by atomic mass is 9.70. The third-order valence-electron chi connectivity index (χ3n) is 5.14. The third kappa shape index (κ3) is 5.30. The second kappa shape index (κ2) is 7.53. The van der Waals surface area contributed by atoms with Crippen molar-refractivity contribution in [1.82, 2.24) is 0 Å². The quantitative estimate of drug-likeness (QED) is 0.668. The molecule has 108 valence electrons. The second-order valence-corrected chi connectivity index (χ2v) is 7.32. The van der Waals surface area contributed by atoms with Gasteiger partial charge in [-0.15, -0.1) is 0 Å². The second-order valence-electron chi connectivity index (χ2n) is 7.32. The molecule has 0 aromatic carbocycles. The van der Waals surface area contributed by atoms with E-state index in [0.29, 0.717) is 11.5 Å². The molecular weight excluding hydrogens is 218 g/mol. The maximum Gasteiger partial charge on any atom is 0.00698 e. The Kier molecular flexibility index (Phi) is 6.70. The Labute approximate surface area is 115 Å². The first-order chi connectivity index (χ1) is 8.48. The van der Waals surface area contributed by atoms with Gasteiger partial charge in [0, 0.05) is 6.04 Å². The average Bonchev–Trinajstić information content (AvgIpc) is 2.34. The fourth-order valence-corrected chi connectivity index (χ4v) is 3.41. The van der Waals surface area contributed by atoms with Crippen LogP contribution in [0.5, 0.6) is 0 Å². The molecule has 0 aromatic rings. The topological polar surface area (TPSA) is 26.0 Å². The lowest BCUT2D eigenvalue weighted by molar-refractivity contribution is 0.162. The van der Waals surface area contributed by atoms with Gasteiger partial charge in [-0.25, -0.2) is 0 Å². The maximum absolute atomic E-state index is 6.49. The van der Waals surface area contributed by atoms with Crippen molar-refractivity contribution in [2.24, 2.45) is 23.0 Å². The Hall–Kier alpha value is -0.0400. The van der Waals surface area contributed by atoms with Crippen molar-refractivity contribution in [2.45, 2.75) is 91.5 Å². The van der Waals surface area contributed by atoms with Gasteiger partial charge in [0.2, 0.25) is 0 Å². The van der Waals surface area contributed by atoms with E-state index < -0.39 is 0 Å². The molecule has 0 heterocycles. The molecule has 1 saturated carbocycles. The van der Waals surface area contributed by atoms with Crippen LogP contribution in [0.3, 0.4) is 0 Å². The van der Waals surface area contributed by atoms with E-state index in [2.05, 4.69) is 27.7 Å². The molecule has 0 bridgehead atoms. The molecule has 2 unspecified atom stereocenters. The SMILES string of the molecule is CCCCC(CC)CC(N)C1CCC(C)(C)CC1. The molecule has 0 spiro atoms. The molecule has 1 aliphatic rings. The van der Waals surface area contributed by atoms with Crippen LogP contribution in [0.1, 0.15) is 85.5 Å². The number of nitrogens with two attached hydrogens (primary N) is 1. The molecule has 1 nitrogen and oxygen atoms in total. The molecule has 0 radical (unpaired) electrons. The zero-order valence-corrected chi connectivity index (χ0v) is 13.2. The number of unbranched alkanes of at least 4 members (excludes halogenated alkanes) is 1. The highest BCUT2D eigenvalue weighted by molar-refractivity contribution is 4.84. The van der Waals surface area contributed by atoms with Crippen LogP contribution in [0.4, 0.5) is 0 Å². The van der Waals surface area contributed by atoms with Crippen LogP contribution in [-0.4, -0.2) is 6.04 Å². The van der Waals surface area contributed by atoms with Gasteiger partial charge in [-0.2, -0.15) is 0 Å². The fourth-order valence-electron chi connectivity index (χ4n) is 3.41. The first-order valence-electron chi connectivity index (χ1n) is 8.24. The van der Waals surface area contributed by atoms with Crippen LogP contribution in [0, 0.1) is 17.3 Å². The first-order valence-corrected chi connectivity index (χ1v) is 8.24. The summed E-state index contributed by atoms with van der Waals surface area (Å²) in [4.78, 5) is 0. The molecule has 1 rings (SSSR count). The van der Waals surface area contributed by atoms with Gasteiger partial charge in [0.15, 0.2) is 0 Å². The Balaban J connectivity index is 2.33. The molecule has 1 aliphatic carbocycles. The summed E-state index contributed by atoms with van der Waals surface area (Å²) in [5.74, 6) is 1.67. The Morgan fingerprint density at radius 1 is 1.17 bits per heavy atom. The predicted octanol–water partition coefficient (Wildman–Crippen LogP) is 5.14. The Morgan fingerprint density at radius 2 is 1.78 bits per heavy atom. The summed E-state index contributed by atoms with van der Waals surface area (Å²) in [5, 5.41) is 0.